The Morgan fingerprint density at radius 2 is 2.05 bits per heavy atom. The van der Waals surface area contributed by atoms with Crippen LogP contribution in [0.3, 0.4) is 0 Å². The Balaban J connectivity index is 1.60. The Morgan fingerprint density at radius 1 is 1.27 bits per heavy atom. The number of pyridine rings is 1. The summed E-state index contributed by atoms with van der Waals surface area (Å²) in [5.74, 6) is -2.08. The zero-order valence-electron chi connectivity index (χ0n) is 11.3. The largest absolute Gasteiger partial charge is 0.470 e. The maximum atomic E-state index is 13.1. The van der Waals surface area contributed by atoms with Gasteiger partial charge in [0.1, 0.15) is 11.1 Å². The van der Waals surface area contributed by atoms with Crippen molar-refractivity contribution in [3.63, 3.8) is 0 Å². The minimum absolute atomic E-state index is 0.105. The number of aromatic nitrogens is 1. The number of hydrogen-bond donors (Lipinski definition) is 0. The van der Waals surface area contributed by atoms with E-state index in [0.717, 1.165) is 12.1 Å². The van der Waals surface area contributed by atoms with Crippen molar-refractivity contribution in [2.45, 2.75) is 6.10 Å². The smallest absolute Gasteiger partial charge is 0.254 e. The molecule has 0 aliphatic carbocycles. The molecule has 1 fully saturated rings. The maximum Gasteiger partial charge on any atom is 0.254 e. The molecule has 7 heteroatoms. The fraction of sp³-hybridized carbons (Fsp3) is 0.200. The van der Waals surface area contributed by atoms with Gasteiger partial charge in [-0.05, 0) is 30.3 Å². The van der Waals surface area contributed by atoms with Crippen LogP contribution in [0.25, 0.3) is 0 Å². The number of ether oxygens (including phenoxy) is 1. The Labute approximate surface area is 130 Å². The number of halogens is 3. The number of nitrogens with zero attached hydrogens (tertiary/aromatic N) is 2. The van der Waals surface area contributed by atoms with Gasteiger partial charge in [0.05, 0.1) is 13.1 Å². The zero-order chi connectivity index (χ0) is 15.7. The van der Waals surface area contributed by atoms with Crippen LogP contribution in [0.4, 0.5) is 8.78 Å². The molecule has 3 rings (SSSR count). The summed E-state index contributed by atoms with van der Waals surface area (Å²) in [6.45, 7) is 0.676. The summed E-state index contributed by atoms with van der Waals surface area (Å²) in [5.41, 5.74) is 0.105. The highest BCUT2D eigenvalue weighted by molar-refractivity contribution is 6.31. The molecular formula is C15H11ClF2N2O2. The van der Waals surface area contributed by atoms with Gasteiger partial charge >= 0.3 is 0 Å². The van der Waals surface area contributed by atoms with E-state index in [0.29, 0.717) is 24.0 Å². The Kier molecular flexibility index (Phi) is 3.94. The predicted molar refractivity (Wildman–Crippen MR) is 75.9 cm³/mol. The molecule has 1 aromatic carbocycles. The monoisotopic (exact) mass is 324 g/mol. The van der Waals surface area contributed by atoms with Crippen LogP contribution in [0.2, 0.25) is 5.02 Å². The van der Waals surface area contributed by atoms with Gasteiger partial charge in [0.25, 0.3) is 5.91 Å². The van der Waals surface area contributed by atoms with Crippen molar-refractivity contribution in [2.24, 2.45) is 0 Å². The summed E-state index contributed by atoms with van der Waals surface area (Å²) in [4.78, 5) is 17.6. The molecule has 0 bridgehead atoms. The van der Waals surface area contributed by atoms with Gasteiger partial charge in [0.2, 0.25) is 5.88 Å². The van der Waals surface area contributed by atoms with Crippen LogP contribution in [0.15, 0.2) is 36.5 Å². The second-order valence-corrected chi connectivity index (χ2v) is 5.28. The van der Waals surface area contributed by atoms with Crippen LogP contribution >= 0.6 is 11.6 Å². The Morgan fingerprint density at radius 3 is 2.73 bits per heavy atom. The van der Waals surface area contributed by atoms with E-state index < -0.39 is 11.6 Å². The molecule has 1 aromatic heterocycles. The lowest BCUT2D eigenvalue weighted by Crippen LogP contribution is -2.56. The normalized spacial score (nSPS) is 14.6. The second-order valence-electron chi connectivity index (χ2n) is 4.87. The Hall–Kier alpha value is -2.21. The lowest BCUT2D eigenvalue weighted by molar-refractivity contribution is 0.0160. The van der Waals surface area contributed by atoms with Gasteiger partial charge < -0.3 is 9.64 Å². The van der Waals surface area contributed by atoms with E-state index in [4.69, 9.17) is 16.3 Å². The quantitative estimate of drug-likeness (QED) is 0.872. The first-order valence-electron chi connectivity index (χ1n) is 6.56. The number of amides is 1. The van der Waals surface area contributed by atoms with Crippen LogP contribution in [-0.2, 0) is 0 Å². The number of carbonyl (C=O) groups excluding carboxylic acids is 1. The minimum Gasteiger partial charge on any atom is -0.470 e. The van der Waals surface area contributed by atoms with E-state index >= 15 is 0 Å². The van der Waals surface area contributed by atoms with Gasteiger partial charge in [-0.15, -0.1) is 0 Å². The first kappa shape index (κ1) is 14.7. The van der Waals surface area contributed by atoms with Gasteiger partial charge in [0.15, 0.2) is 11.6 Å². The highest BCUT2D eigenvalue weighted by atomic mass is 35.5. The van der Waals surface area contributed by atoms with Crippen LogP contribution in [0, 0.1) is 11.6 Å². The fourth-order valence-corrected chi connectivity index (χ4v) is 2.27. The Bertz CT molecular complexity index is 720. The number of benzene rings is 1. The van der Waals surface area contributed by atoms with Crippen LogP contribution in [-0.4, -0.2) is 35.0 Å². The van der Waals surface area contributed by atoms with Gasteiger partial charge in [-0.3, -0.25) is 4.79 Å². The highest BCUT2D eigenvalue weighted by Gasteiger charge is 2.33. The first-order chi connectivity index (χ1) is 10.5. The summed E-state index contributed by atoms with van der Waals surface area (Å²) in [7, 11) is 0. The summed E-state index contributed by atoms with van der Waals surface area (Å²) in [5, 5.41) is 0.396. The molecule has 22 heavy (non-hydrogen) atoms. The van der Waals surface area contributed by atoms with E-state index in [-0.39, 0.29) is 17.6 Å². The third kappa shape index (κ3) is 2.87. The molecule has 1 aliphatic rings. The number of carbonyl (C=O) groups is 1. The van der Waals surface area contributed by atoms with Crippen molar-refractivity contribution in [2.75, 3.05) is 13.1 Å². The van der Waals surface area contributed by atoms with Crippen molar-refractivity contribution < 1.29 is 18.3 Å². The van der Waals surface area contributed by atoms with E-state index in [1.165, 1.54) is 11.0 Å². The lowest BCUT2D eigenvalue weighted by Gasteiger charge is -2.38. The molecule has 1 amide bonds. The van der Waals surface area contributed by atoms with Crippen molar-refractivity contribution in [1.29, 1.82) is 0 Å². The van der Waals surface area contributed by atoms with Crippen molar-refractivity contribution >= 4 is 17.5 Å². The molecule has 0 saturated carbocycles. The van der Waals surface area contributed by atoms with E-state index in [2.05, 4.69) is 4.98 Å². The van der Waals surface area contributed by atoms with Crippen LogP contribution < -0.4 is 4.74 Å². The molecule has 114 valence electrons. The van der Waals surface area contributed by atoms with Crippen LogP contribution in [0.5, 0.6) is 5.88 Å². The fourth-order valence-electron chi connectivity index (χ4n) is 2.11. The molecule has 0 atom stereocenters. The van der Waals surface area contributed by atoms with Crippen LogP contribution in [0.1, 0.15) is 10.4 Å². The van der Waals surface area contributed by atoms with Crippen molar-refractivity contribution in [3.05, 3.63) is 58.7 Å². The topological polar surface area (TPSA) is 42.4 Å². The summed E-state index contributed by atoms with van der Waals surface area (Å²) in [6.07, 6.45) is 1.34. The van der Waals surface area contributed by atoms with E-state index in [1.54, 1.807) is 18.3 Å². The first-order valence-corrected chi connectivity index (χ1v) is 6.94. The molecule has 0 unspecified atom stereocenters. The summed E-state index contributed by atoms with van der Waals surface area (Å²) < 4.78 is 31.6. The molecule has 2 heterocycles. The maximum absolute atomic E-state index is 13.1. The molecule has 0 spiro atoms. The molecule has 0 N–H and O–H groups in total. The highest BCUT2D eigenvalue weighted by Crippen LogP contribution is 2.24. The van der Waals surface area contributed by atoms with Gasteiger partial charge in [-0.25, -0.2) is 13.8 Å². The number of hydrogen-bond acceptors (Lipinski definition) is 3. The average molecular weight is 325 g/mol. The van der Waals surface area contributed by atoms with Crippen molar-refractivity contribution in [3.8, 4) is 5.88 Å². The predicted octanol–water partition coefficient (Wildman–Crippen LogP) is 2.92. The zero-order valence-corrected chi connectivity index (χ0v) is 12.1. The lowest BCUT2D eigenvalue weighted by atomic mass is 10.1. The van der Waals surface area contributed by atoms with E-state index in [9.17, 15) is 13.6 Å². The van der Waals surface area contributed by atoms with E-state index in [1.807, 2.05) is 0 Å². The third-order valence-electron chi connectivity index (χ3n) is 3.30. The summed E-state index contributed by atoms with van der Waals surface area (Å²) >= 11 is 5.93. The standard InChI is InChI=1S/C15H11ClF2N2O2/c16-11-2-1-5-19-14(11)22-10-7-20(8-10)15(21)9-3-4-12(17)13(18)6-9/h1-6,10H,7-8H2. The molecule has 2 aromatic rings. The second kappa shape index (κ2) is 5.88. The van der Waals surface area contributed by atoms with Gasteiger partial charge in [0, 0.05) is 11.8 Å². The minimum atomic E-state index is -1.04. The summed E-state index contributed by atoms with van der Waals surface area (Å²) in [6, 6.07) is 6.43. The number of rotatable bonds is 3. The molecule has 0 radical (unpaired) electrons. The molecule has 1 aliphatic heterocycles. The number of likely N-dealkylation sites (tertiary alicyclic amines) is 1. The average Bonchev–Trinajstić information content (AvgIpc) is 2.46. The molecule has 4 nitrogen and oxygen atoms in total. The molecular weight excluding hydrogens is 314 g/mol. The van der Waals surface area contributed by atoms with Crippen molar-refractivity contribution in [1.82, 2.24) is 9.88 Å². The third-order valence-corrected chi connectivity index (χ3v) is 3.59. The SMILES string of the molecule is O=C(c1ccc(F)c(F)c1)N1CC(Oc2ncccc2Cl)C1. The van der Waals surface area contributed by atoms with Gasteiger partial charge in [-0.2, -0.15) is 0 Å². The van der Waals surface area contributed by atoms with Gasteiger partial charge in [-0.1, -0.05) is 11.6 Å². The molecule has 1 saturated heterocycles.